The number of nitrogens with zero attached hydrogens (tertiary/aromatic N) is 1. The standard InChI is InChI=1S/C20H25N3O.HI/c1-2-21-20(23-18-12-13-18)22-14-16-8-10-17(11-9-16)15-24-19-6-4-3-5-7-19;/h3-11,18H,2,12-15H2,1H3,(H2,21,22,23);1H. The van der Waals surface area contributed by atoms with Crippen molar-refractivity contribution in [3.8, 4) is 5.75 Å². The van der Waals surface area contributed by atoms with Gasteiger partial charge in [-0.05, 0) is 43.0 Å². The van der Waals surface area contributed by atoms with Crippen LogP contribution in [-0.4, -0.2) is 18.5 Å². The quantitative estimate of drug-likeness (QED) is 0.379. The summed E-state index contributed by atoms with van der Waals surface area (Å²) in [6.45, 7) is 4.24. The Morgan fingerprint density at radius 2 is 1.72 bits per heavy atom. The van der Waals surface area contributed by atoms with Gasteiger partial charge >= 0.3 is 0 Å². The smallest absolute Gasteiger partial charge is 0.191 e. The van der Waals surface area contributed by atoms with E-state index in [-0.39, 0.29) is 24.0 Å². The van der Waals surface area contributed by atoms with Gasteiger partial charge in [0, 0.05) is 12.6 Å². The van der Waals surface area contributed by atoms with Crippen LogP contribution in [0.1, 0.15) is 30.9 Å². The SMILES string of the molecule is CCNC(=NCc1ccc(COc2ccccc2)cc1)NC1CC1.I. The number of hydrogen-bond acceptors (Lipinski definition) is 2. The molecule has 1 fully saturated rings. The Morgan fingerprint density at radius 1 is 1.04 bits per heavy atom. The normalized spacial score (nSPS) is 13.7. The van der Waals surface area contributed by atoms with Crippen LogP contribution in [0.2, 0.25) is 0 Å². The van der Waals surface area contributed by atoms with Crippen molar-refractivity contribution >= 4 is 29.9 Å². The van der Waals surface area contributed by atoms with Crippen molar-refractivity contribution in [3.63, 3.8) is 0 Å². The summed E-state index contributed by atoms with van der Waals surface area (Å²) in [4.78, 5) is 4.65. The maximum absolute atomic E-state index is 5.77. The number of para-hydroxylation sites is 1. The highest BCUT2D eigenvalue weighted by Crippen LogP contribution is 2.18. The number of hydrogen-bond donors (Lipinski definition) is 2. The van der Waals surface area contributed by atoms with Crippen LogP contribution in [0.25, 0.3) is 0 Å². The average Bonchev–Trinajstić information content (AvgIpc) is 3.44. The van der Waals surface area contributed by atoms with Gasteiger partial charge in [0.2, 0.25) is 0 Å². The van der Waals surface area contributed by atoms with E-state index in [2.05, 4.69) is 46.8 Å². The van der Waals surface area contributed by atoms with Crippen molar-refractivity contribution in [3.05, 3.63) is 65.7 Å². The number of halogens is 1. The minimum absolute atomic E-state index is 0. The van der Waals surface area contributed by atoms with Crippen LogP contribution in [0.15, 0.2) is 59.6 Å². The Bertz CT molecular complexity index is 654. The fourth-order valence-corrected chi connectivity index (χ4v) is 2.34. The van der Waals surface area contributed by atoms with Gasteiger partial charge in [0.05, 0.1) is 6.54 Å². The molecule has 2 aromatic carbocycles. The number of nitrogens with one attached hydrogen (secondary N) is 2. The van der Waals surface area contributed by atoms with Gasteiger partial charge in [-0.2, -0.15) is 0 Å². The minimum atomic E-state index is 0. The molecule has 0 unspecified atom stereocenters. The van der Waals surface area contributed by atoms with E-state index in [1.165, 1.54) is 18.4 Å². The molecule has 0 amide bonds. The number of aliphatic imine (C=N–C) groups is 1. The minimum Gasteiger partial charge on any atom is -0.489 e. The Morgan fingerprint density at radius 3 is 2.36 bits per heavy atom. The van der Waals surface area contributed by atoms with Crippen LogP contribution in [-0.2, 0) is 13.2 Å². The van der Waals surface area contributed by atoms with Gasteiger partial charge in [0.1, 0.15) is 12.4 Å². The van der Waals surface area contributed by atoms with Gasteiger partial charge in [-0.1, -0.05) is 42.5 Å². The van der Waals surface area contributed by atoms with Crippen molar-refractivity contribution < 1.29 is 4.74 Å². The summed E-state index contributed by atoms with van der Waals surface area (Å²) in [6, 6.07) is 19.0. The lowest BCUT2D eigenvalue weighted by atomic mass is 10.1. The Hall–Kier alpha value is -1.76. The summed E-state index contributed by atoms with van der Waals surface area (Å²) in [5, 5.41) is 6.72. The zero-order valence-electron chi connectivity index (χ0n) is 14.6. The van der Waals surface area contributed by atoms with E-state index in [4.69, 9.17) is 4.74 Å². The lowest BCUT2D eigenvalue weighted by Crippen LogP contribution is -2.38. The maximum atomic E-state index is 5.77. The topological polar surface area (TPSA) is 45.7 Å². The van der Waals surface area contributed by atoms with Crippen molar-refractivity contribution in [2.24, 2.45) is 4.99 Å². The zero-order valence-corrected chi connectivity index (χ0v) is 16.9. The molecule has 3 rings (SSSR count). The molecule has 2 N–H and O–H groups in total. The molecule has 1 aliphatic rings. The van der Waals surface area contributed by atoms with Crippen LogP contribution in [0, 0.1) is 0 Å². The van der Waals surface area contributed by atoms with Crippen LogP contribution in [0.4, 0.5) is 0 Å². The highest BCUT2D eigenvalue weighted by Gasteiger charge is 2.21. The maximum Gasteiger partial charge on any atom is 0.191 e. The van der Waals surface area contributed by atoms with Gasteiger partial charge in [0.15, 0.2) is 5.96 Å². The second kappa shape index (κ2) is 10.3. The van der Waals surface area contributed by atoms with Crippen LogP contribution in [0.5, 0.6) is 5.75 Å². The fraction of sp³-hybridized carbons (Fsp3) is 0.350. The van der Waals surface area contributed by atoms with Gasteiger partial charge in [-0.3, -0.25) is 0 Å². The van der Waals surface area contributed by atoms with Gasteiger partial charge in [-0.15, -0.1) is 24.0 Å². The number of rotatable bonds is 7. The number of benzene rings is 2. The molecule has 5 heteroatoms. The first-order valence-corrected chi connectivity index (χ1v) is 8.64. The first kappa shape index (κ1) is 19.6. The molecule has 0 saturated heterocycles. The summed E-state index contributed by atoms with van der Waals surface area (Å²) in [6.07, 6.45) is 2.50. The molecule has 0 heterocycles. The van der Waals surface area contributed by atoms with E-state index < -0.39 is 0 Å². The van der Waals surface area contributed by atoms with Crippen molar-refractivity contribution in [2.45, 2.75) is 39.0 Å². The second-order valence-electron chi connectivity index (χ2n) is 6.03. The molecule has 0 radical (unpaired) electrons. The monoisotopic (exact) mass is 451 g/mol. The van der Waals surface area contributed by atoms with Gasteiger partial charge in [0.25, 0.3) is 0 Å². The molecule has 0 spiro atoms. The average molecular weight is 451 g/mol. The van der Waals surface area contributed by atoms with Crippen molar-refractivity contribution in [1.82, 2.24) is 10.6 Å². The van der Waals surface area contributed by atoms with Gasteiger partial charge in [-0.25, -0.2) is 4.99 Å². The molecule has 0 aromatic heterocycles. The van der Waals surface area contributed by atoms with Crippen molar-refractivity contribution in [1.29, 1.82) is 0 Å². The molecule has 0 atom stereocenters. The molecule has 4 nitrogen and oxygen atoms in total. The molecule has 1 saturated carbocycles. The van der Waals surface area contributed by atoms with Crippen LogP contribution < -0.4 is 15.4 Å². The zero-order chi connectivity index (χ0) is 16.6. The molecule has 0 bridgehead atoms. The first-order chi connectivity index (χ1) is 11.8. The van der Waals surface area contributed by atoms with E-state index in [1.807, 2.05) is 30.3 Å². The fourth-order valence-electron chi connectivity index (χ4n) is 2.34. The van der Waals surface area contributed by atoms with E-state index in [9.17, 15) is 0 Å². The third-order valence-electron chi connectivity index (χ3n) is 3.85. The number of guanidine groups is 1. The van der Waals surface area contributed by atoms with E-state index >= 15 is 0 Å². The Labute approximate surface area is 167 Å². The van der Waals surface area contributed by atoms with E-state index in [1.54, 1.807) is 0 Å². The van der Waals surface area contributed by atoms with Crippen molar-refractivity contribution in [2.75, 3.05) is 6.54 Å². The third kappa shape index (κ3) is 6.94. The lowest BCUT2D eigenvalue weighted by Gasteiger charge is -2.10. The highest BCUT2D eigenvalue weighted by molar-refractivity contribution is 14.0. The number of ether oxygens (including phenoxy) is 1. The molecule has 134 valence electrons. The molecule has 0 aliphatic heterocycles. The van der Waals surface area contributed by atoms with Crippen LogP contribution >= 0.6 is 24.0 Å². The van der Waals surface area contributed by atoms with E-state index in [0.717, 1.165) is 23.8 Å². The molecule has 2 aromatic rings. The summed E-state index contributed by atoms with van der Waals surface area (Å²) in [5.41, 5.74) is 2.36. The molecular formula is C20H26IN3O. The highest BCUT2D eigenvalue weighted by atomic mass is 127. The predicted molar refractivity (Wildman–Crippen MR) is 114 cm³/mol. The summed E-state index contributed by atoms with van der Waals surface area (Å²) in [5.74, 6) is 1.81. The third-order valence-corrected chi connectivity index (χ3v) is 3.85. The van der Waals surface area contributed by atoms with Gasteiger partial charge < -0.3 is 15.4 Å². The molecular weight excluding hydrogens is 425 g/mol. The lowest BCUT2D eigenvalue weighted by molar-refractivity contribution is 0.306. The second-order valence-corrected chi connectivity index (χ2v) is 6.03. The summed E-state index contributed by atoms with van der Waals surface area (Å²) >= 11 is 0. The molecule has 1 aliphatic carbocycles. The largest absolute Gasteiger partial charge is 0.489 e. The predicted octanol–water partition coefficient (Wildman–Crippen LogP) is 4.10. The van der Waals surface area contributed by atoms with Crippen LogP contribution in [0.3, 0.4) is 0 Å². The summed E-state index contributed by atoms with van der Waals surface area (Å²) in [7, 11) is 0. The van der Waals surface area contributed by atoms with E-state index in [0.29, 0.717) is 19.2 Å². The Balaban J connectivity index is 0.00000225. The molecule has 25 heavy (non-hydrogen) atoms. The summed E-state index contributed by atoms with van der Waals surface area (Å²) < 4.78 is 5.77. The Kier molecular flexibility index (Phi) is 8.04. The first-order valence-electron chi connectivity index (χ1n) is 8.64.